The van der Waals surface area contributed by atoms with Gasteiger partial charge < -0.3 is 0 Å². The molecule has 0 amide bonds. The third kappa shape index (κ3) is 1.82. The monoisotopic (exact) mass is 204 g/mol. The van der Waals surface area contributed by atoms with Crippen LogP contribution in [0.3, 0.4) is 0 Å². The van der Waals surface area contributed by atoms with Crippen molar-refractivity contribution in [1.29, 1.82) is 0 Å². The molecular weight excluding hydrogens is 196 g/mol. The van der Waals surface area contributed by atoms with Crippen molar-refractivity contribution in [1.82, 2.24) is 20.6 Å². The summed E-state index contributed by atoms with van der Waals surface area (Å²) in [7, 11) is 0. The molecule has 0 saturated heterocycles. The highest BCUT2D eigenvalue weighted by atomic mass is 32.2. The van der Waals surface area contributed by atoms with E-state index in [2.05, 4.69) is 27.2 Å². The van der Waals surface area contributed by atoms with Gasteiger partial charge in [-0.2, -0.15) is 0 Å². The summed E-state index contributed by atoms with van der Waals surface area (Å²) < 4.78 is 0. The zero-order valence-corrected chi connectivity index (χ0v) is 8.16. The second-order valence-corrected chi connectivity index (χ2v) is 3.58. The molecule has 0 bridgehead atoms. The molecule has 1 N–H and O–H groups in total. The fourth-order valence-corrected chi connectivity index (χ4v) is 1.83. The topological polar surface area (TPSA) is 54.5 Å². The first-order valence-corrected chi connectivity index (χ1v) is 4.85. The van der Waals surface area contributed by atoms with Crippen molar-refractivity contribution in [2.75, 3.05) is 0 Å². The molecule has 2 aromatic rings. The number of benzene rings is 1. The van der Waals surface area contributed by atoms with E-state index in [1.807, 2.05) is 30.3 Å². The largest absolute Gasteiger partial charge is 0.234 e. The van der Waals surface area contributed by atoms with Gasteiger partial charge in [0.2, 0.25) is 5.16 Å². The first kappa shape index (κ1) is 8.96. The van der Waals surface area contributed by atoms with Crippen LogP contribution in [0.1, 0.15) is 5.56 Å². The van der Waals surface area contributed by atoms with E-state index < -0.39 is 0 Å². The number of aromatic amines is 1. The van der Waals surface area contributed by atoms with E-state index >= 15 is 0 Å². The van der Waals surface area contributed by atoms with E-state index in [9.17, 15) is 0 Å². The molecule has 0 unspecified atom stereocenters. The summed E-state index contributed by atoms with van der Waals surface area (Å²) in [5, 5.41) is 14.2. The molecule has 70 valence electrons. The Morgan fingerprint density at radius 2 is 2.21 bits per heavy atom. The number of nitrogens with one attached hydrogen (secondary N) is 1. The molecule has 0 spiro atoms. The third-order valence-electron chi connectivity index (χ3n) is 1.67. The smallest absolute Gasteiger partial charge is 0.211 e. The molecule has 0 aliphatic rings. The van der Waals surface area contributed by atoms with E-state index in [4.69, 9.17) is 0 Å². The van der Waals surface area contributed by atoms with Gasteiger partial charge in [0.1, 0.15) is 0 Å². The Bertz CT molecular complexity index is 424. The van der Waals surface area contributed by atoms with Crippen LogP contribution in [-0.2, 0) is 0 Å². The van der Waals surface area contributed by atoms with E-state index in [-0.39, 0.29) is 0 Å². The molecule has 1 heterocycles. The van der Waals surface area contributed by atoms with Crippen LogP contribution in [0.5, 0.6) is 0 Å². The predicted molar refractivity (Wildman–Crippen MR) is 54.8 cm³/mol. The summed E-state index contributed by atoms with van der Waals surface area (Å²) in [6.07, 6.45) is 1.81. The van der Waals surface area contributed by atoms with Crippen LogP contribution in [0, 0.1) is 0 Å². The van der Waals surface area contributed by atoms with E-state index in [1.165, 1.54) is 11.8 Å². The molecule has 0 saturated carbocycles. The molecule has 1 aromatic heterocycles. The minimum Gasteiger partial charge on any atom is -0.234 e. The Morgan fingerprint density at radius 1 is 1.36 bits per heavy atom. The third-order valence-corrected chi connectivity index (χ3v) is 2.63. The van der Waals surface area contributed by atoms with Crippen molar-refractivity contribution in [2.24, 2.45) is 0 Å². The number of hydrogen-bond donors (Lipinski definition) is 1. The molecule has 0 radical (unpaired) electrons. The lowest BCUT2D eigenvalue weighted by Gasteiger charge is -2.01. The van der Waals surface area contributed by atoms with Gasteiger partial charge in [-0.1, -0.05) is 30.9 Å². The maximum absolute atomic E-state index is 3.80. The second-order valence-electron chi connectivity index (χ2n) is 2.55. The highest BCUT2D eigenvalue weighted by Gasteiger charge is 2.03. The van der Waals surface area contributed by atoms with Crippen LogP contribution in [-0.4, -0.2) is 20.6 Å². The summed E-state index contributed by atoms with van der Waals surface area (Å²) in [4.78, 5) is 1.08. The van der Waals surface area contributed by atoms with Crippen molar-refractivity contribution >= 4 is 17.8 Å². The lowest BCUT2D eigenvalue weighted by Crippen LogP contribution is -1.80. The lowest BCUT2D eigenvalue weighted by molar-refractivity contribution is 0.881. The van der Waals surface area contributed by atoms with Gasteiger partial charge in [0.05, 0.1) is 0 Å². The maximum Gasteiger partial charge on any atom is 0.211 e. The van der Waals surface area contributed by atoms with E-state index in [0.717, 1.165) is 10.5 Å². The molecular formula is C9H8N4S. The molecule has 0 fully saturated rings. The summed E-state index contributed by atoms with van der Waals surface area (Å²) >= 11 is 1.48. The molecule has 0 atom stereocenters. The van der Waals surface area contributed by atoms with Crippen LogP contribution in [0.2, 0.25) is 0 Å². The van der Waals surface area contributed by atoms with Crippen molar-refractivity contribution in [3.8, 4) is 0 Å². The van der Waals surface area contributed by atoms with Crippen LogP contribution >= 0.6 is 11.8 Å². The lowest BCUT2D eigenvalue weighted by atomic mass is 10.2. The van der Waals surface area contributed by atoms with Gasteiger partial charge in [0.15, 0.2) is 0 Å². The van der Waals surface area contributed by atoms with Crippen molar-refractivity contribution in [3.05, 3.63) is 36.4 Å². The predicted octanol–water partition coefficient (Wildman–Crippen LogP) is 1.99. The Labute approximate surface area is 85.4 Å². The Morgan fingerprint density at radius 3 is 2.93 bits per heavy atom. The quantitative estimate of drug-likeness (QED) is 0.830. The first-order chi connectivity index (χ1) is 6.90. The van der Waals surface area contributed by atoms with Gasteiger partial charge in [0.25, 0.3) is 0 Å². The molecule has 2 rings (SSSR count). The number of aromatic nitrogens is 4. The van der Waals surface area contributed by atoms with Crippen molar-refractivity contribution < 1.29 is 0 Å². The molecule has 0 aliphatic carbocycles. The highest BCUT2D eigenvalue weighted by Crippen LogP contribution is 2.27. The van der Waals surface area contributed by atoms with Crippen molar-refractivity contribution in [2.45, 2.75) is 10.1 Å². The van der Waals surface area contributed by atoms with Gasteiger partial charge in [-0.25, -0.2) is 5.10 Å². The SMILES string of the molecule is C=Cc1ccccc1Sc1nnn[nH]1. The molecule has 4 nitrogen and oxygen atoms in total. The summed E-state index contributed by atoms with van der Waals surface area (Å²) in [5.74, 6) is 0. The fourth-order valence-electron chi connectivity index (χ4n) is 1.04. The molecule has 14 heavy (non-hydrogen) atoms. The standard InChI is InChI=1S/C9H8N4S/c1-2-7-5-3-4-6-8(7)14-9-10-12-13-11-9/h2-6H,1H2,(H,10,11,12,13). The minimum absolute atomic E-state index is 0.680. The first-order valence-electron chi connectivity index (χ1n) is 4.03. The summed E-state index contributed by atoms with van der Waals surface area (Å²) in [6, 6.07) is 7.95. The van der Waals surface area contributed by atoms with E-state index in [1.54, 1.807) is 0 Å². The number of nitrogens with zero attached hydrogens (tertiary/aromatic N) is 3. The van der Waals surface area contributed by atoms with E-state index in [0.29, 0.717) is 5.16 Å². The maximum atomic E-state index is 3.80. The van der Waals surface area contributed by atoms with Gasteiger partial charge in [-0.3, -0.25) is 0 Å². The number of hydrogen-bond acceptors (Lipinski definition) is 4. The van der Waals surface area contributed by atoms with Crippen LogP contribution in [0.4, 0.5) is 0 Å². The average molecular weight is 204 g/mol. The molecule has 1 aromatic carbocycles. The summed E-state index contributed by atoms with van der Waals surface area (Å²) in [6.45, 7) is 3.75. The normalized spacial score (nSPS) is 10.0. The number of rotatable bonds is 3. The number of tetrazole rings is 1. The Hall–Kier alpha value is -1.62. The second kappa shape index (κ2) is 4.06. The average Bonchev–Trinajstić information content (AvgIpc) is 2.71. The fraction of sp³-hybridized carbons (Fsp3) is 0. The van der Waals surface area contributed by atoms with Gasteiger partial charge in [0, 0.05) is 4.90 Å². The highest BCUT2D eigenvalue weighted by molar-refractivity contribution is 7.99. The van der Waals surface area contributed by atoms with Gasteiger partial charge in [-0.05, 0) is 33.8 Å². The zero-order valence-electron chi connectivity index (χ0n) is 7.34. The molecule has 0 aliphatic heterocycles. The van der Waals surface area contributed by atoms with Crippen LogP contribution in [0.15, 0.2) is 40.9 Å². The zero-order chi connectivity index (χ0) is 9.80. The Kier molecular flexibility index (Phi) is 2.60. The van der Waals surface area contributed by atoms with Crippen LogP contribution < -0.4 is 0 Å². The summed E-state index contributed by atoms with van der Waals surface area (Å²) in [5.41, 5.74) is 1.08. The van der Waals surface area contributed by atoms with Crippen LogP contribution in [0.25, 0.3) is 6.08 Å². The van der Waals surface area contributed by atoms with Gasteiger partial charge in [-0.15, -0.1) is 5.10 Å². The Balaban J connectivity index is 2.28. The molecule has 5 heteroatoms. The number of H-pyrrole nitrogens is 1. The minimum atomic E-state index is 0.680. The van der Waals surface area contributed by atoms with Gasteiger partial charge >= 0.3 is 0 Å². The van der Waals surface area contributed by atoms with Crippen molar-refractivity contribution in [3.63, 3.8) is 0 Å².